The fourth-order valence-electron chi connectivity index (χ4n) is 3.14. The van der Waals surface area contributed by atoms with Crippen molar-refractivity contribution in [2.75, 3.05) is 5.32 Å². The average molecular weight is 431 g/mol. The molecule has 0 aliphatic rings. The van der Waals surface area contributed by atoms with Crippen LogP contribution in [-0.2, 0) is 17.8 Å². The molecule has 0 aliphatic heterocycles. The number of hydrogen-bond donors (Lipinski definition) is 1. The zero-order chi connectivity index (χ0) is 22.2. The smallest absolute Gasteiger partial charge is 0.247 e. The molecule has 7 heteroatoms. The number of nitrogens with one attached hydrogen (secondary N) is 1. The van der Waals surface area contributed by atoms with Gasteiger partial charge in [0, 0.05) is 30.2 Å². The first kappa shape index (κ1) is 21.2. The summed E-state index contributed by atoms with van der Waals surface area (Å²) < 4.78 is 24.5. The minimum Gasteiger partial charge on any atom is -0.489 e. The Hall–Kier alpha value is -4.00. The molecule has 1 N–H and O–H groups in total. The minimum atomic E-state index is -0.347. The molecular formula is C25H22FN3O3. The Bertz CT molecular complexity index is 1180. The third kappa shape index (κ3) is 6.01. The summed E-state index contributed by atoms with van der Waals surface area (Å²) in [6.07, 6.45) is 1.44. The number of ether oxygens (including phenoxy) is 1. The molecule has 32 heavy (non-hydrogen) atoms. The van der Waals surface area contributed by atoms with Crippen LogP contribution in [0.3, 0.4) is 0 Å². The SMILES string of the molecule is O=C(CCCc1nnc(-c2ccccc2)o1)Nc1cccc(COc2cccc(F)c2)c1. The van der Waals surface area contributed by atoms with E-state index in [2.05, 4.69) is 15.5 Å². The van der Waals surface area contributed by atoms with E-state index in [0.29, 0.717) is 42.5 Å². The highest BCUT2D eigenvalue weighted by molar-refractivity contribution is 5.90. The van der Waals surface area contributed by atoms with E-state index >= 15 is 0 Å². The fraction of sp³-hybridized carbons (Fsp3) is 0.160. The number of amides is 1. The molecule has 0 saturated heterocycles. The Kier molecular flexibility index (Phi) is 6.87. The number of carbonyl (C=O) groups excluding carboxylic acids is 1. The average Bonchev–Trinajstić information content (AvgIpc) is 3.28. The van der Waals surface area contributed by atoms with Gasteiger partial charge in [-0.3, -0.25) is 4.79 Å². The molecule has 0 unspecified atom stereocenters. The highest BCUT2D eigenvalue weighted by Crippen LogP contribution is 2.19. The third-order valence-electron chi connectivity index (χ3n) is 4.69. The summed E-state index contributed by atoms with van der Waals surface area (Å²) in [7, 11) is 0. The summed E-state index contributed by atoms with van der Waals surface area (Å²) in [6, 6.07) is 22.9. The van der Waals surface area contributed by atoms with Crippen LogP contribution in [0.25, 0.3) is 11.5 Å². The van der Waals surface area contributed by atoms with Gasteiger partial charge >= 0.3 is 0 Å². The van der Waals surface area contributed by atoms with E-state index in [9.17, 15) is 9.18 Å². The second-order valence-electron chi connectivity index (χ2n) is 7.22. The monoisotopic (exact) mass is 431 g/mol. The maximum atomic E-state index is 13.2. The zero-order valence-corrected chi connectivity index (χ0v) is 17.3. The van der Waals surface area contributed by atoms with Crippen LogP contribution >= 0.6 is 0 Å². The molecule has 0 fully saturated rings. The standard InChI is InChI=1S/C25H22FN3O3/c26-20-10-5-12-22(16-20)31-17-18-7-4-11-21(15-18)27-23(30)13-6-14-24-28-29-25(32-24)19-8-2-1-3-9-19/h1-5,7-12,15-16H,6,13-14,17H2,(H,27,30). The van der Waals surface area contributed by atoms with Crippen LogP contribution in [0.4, 0.5) is 10.1 Å². The summed E-state index contributed by atoms with van der Waals surface area (Å²) >= 11 is 0. The number of carbonyl (C=O) groups is 1. The first-order valence-electron chi connectivity index (χ1n) is 10.3. The minimum absolute atomic E-state index is 0.101. The number of aromatic nitrogens is 2. The number of aryl methyl sites for hydroxylation is 1. The maximum Gasteiger partial charge on any atom is 0.247 e. The molecule has 1 aromatic heterocycles. The topological polar surface area (TPSA) is 77.2 Å². The molecule has 0 atom stereocenters. The van der Waals surface area contributed by atoms with E-state index in [1.807, 2.05) is 54.6 Å². The number of halogens is 1. The lowest BCUT2D eigenvalue weighted by molar-refractivity contribution is -0.116. The van der Waals surface area contributed by atoms with E-state index in [1.165, 1.54) is 12.1 Å². The lowest BCUT2D eigenvalue weighted by Crippen LogP contribution is -2.11. The van der Waals surface area contributed by atoms with Crippen molar-refractivity contribution >= 4 is 11.6 Å². The highest BCUT2D eigenvalue weighted by atomic mass is 19.1. The van der Waals surface area contributed by atoms with Gasteiger partial charge in [0.1, 0.15) is 18.2 Å². The van der Waals surface area contributed by atoms with Gasteiger partial charge in [0.05, 0.1) is 0 Å². The van der Waals surface area contributed by atoms with Crippen molar-refractivity contribution in [3.63, 3.8) is 0 Å². The number of anilines is 1. The third-order valence-corrected chi connectivity index (χ3v) is 4.69. The van der Waals surface area contributed by atoms with Gasteiger partial charge in [-0.25, -0.2) is 4.39 Å². The van der Waals surface area contributed by atoms with Gasteiger partial charge in [-0.05, 0) is 48.4 Å². The number of rotatable bonds is 9. The summed E-state index contributed by atoms with van der Waals surface area (Å²) in [5, 5.41) is 11.0. The van der Waals surface area contributed by atoms with Crippen molar-refractivity contribution < 1.29 is 18.3 Å². The number of hydrogen-bond acceptors (Lipinski definition) is 5. The van der Waals surface area contributed by atoms with Crippen LogP contribution in [0.5, 0.6) is 5.75 Å². The van der Waals surface area contributed by atoms with E-state index < -0.39 is 0 Å². The van der Waals surface area contributed by atoms with Crippen molar-refractivity contribution in [3.8, 4) is 17.2 Å². The van der Waals surface area contributed by atoms with Crippen LogP contribution in [0.2, 0.25) is 0 Å². The molecule has 4 rings (SSSR count). The molecule has 1 heterocycles. The summed E-state index contributed by atoms with van der Waals surface area (Å²) in [5.74, 6) is 0.989. The van der Waals surface area contributed by atoms with Crippen molar-refractivity contribution in [2.24, 2.45) is 0 Å². The predicted molar refractivity (Wildman–Crippen MR) is 118 cm³/mol. The van der Waals surface area contributed by atoms with E-state index in [4.69, 9.17) is 9.15 Å². The summed E-state index contributed by atoms with van der Waals surface area (Å²) in [5.41, 5.74) is 2.41. The van der Waals surface area contributed by atoms with Crippen molar-refractivity contribution in [1.82, 2.24) is 10.2 Å². The second kappa shape index (κ2) is 10.3. The lowest BCUT2D eigenvalue weighted by atomic mass is 10.2. The predicted octanol–water partition coefficient (Wildman–Crippen LogP) is 5.42. The lowest BCUT2D eigenvalue weighted by Gasteiger charge is -2.09. The van der Waals surface area contributed by atoms with Crippen molar-refractivity contribution in [2.45, 2.75) is 25.9 Å². The van der Waals surface area contributed by atoms with Gasteiger partial charge in [0.25, 0.3) is 0 Å². The first-order chi connectivity index (χ1) is 15.7. The Labute approximate surface area is 185 Å². The van der Waals surface area contributed by atoms with E-state index in [0.717, 1.165) is 11.1 Å². The molecule has 0 aliphatic carbocycles. The largest absolute Gasteiger partial charge is 0.489 e. The molecule has 0 radical (unpaired) electrons. The van der Waals surface area contributed by atoms with E-state index in [1.54, 1.807) is 12.1 Å². The van der Waals surface area contributed by atoms with Gasteiger partial charge in [-0.2, -0.15) is 0 Å². The first-order valence-corrected chi connectivity index (χ1v) is 10.3. The van der Waals surface area contributed by atoms with E-state index in [-0.39, 0.29) is 18.3 Å². The molecule has 1 amide bonds. The number of benzene rings is 3. The maximum absolute atomic E-state index is 13.2. The van der Waals surface area contributed by atoms with Crippen molar-refractivity contribution in [3.05, 3.63) is 96.1 Å². The van der Waals surface area contributed by atoms with Gasteiger partial charge in [-0.1, -0.05) is 36.4 Å². The molecule has 0 spiro atoms. The van der Waals surface area contributed by atoms with Crippen LogP contribution < -0.4 is 10.1 Å². The molecule has 0 saturated carbocycles. The van der Waals surface area contributed by atoms with Crippen LogP contribution in [-0.4, -0.2) is 16.1 Å². The Morgan fingerprint density at radius 2 is 1.81 bits per heavy atom. The van der Waals surface area contributed by atoms with Crippen molar-refractivity contribution in [1.29, 1.82) is 0 Å². The summed E-state index contributed by atoms with van der Waals surface area (Å²) in [4.78, 5) is 12.3. The number of nitrogens with zero attached hydrogens (tertiary/aromatic N) is 2. The quantitative estimate of drug-likeness (QED) is 0.383. The molecule has 162 valence electrons. The Morgan fingerprint density at radius 3 is 2.66 bits per heavy atom. The van der Waals surface area contributed by atoms with Crippen LogP contribution in [0.15, 0.2) is 83.3 Å². The van der Waals surface area contributed by atoms with Gasteiger partial charge in [0.2, 0.25) is 17.7 Å². The Balaban J connectivity index is 1.24. The van der Waals surface area contributed by atoms with Gasteiger partial charge in [0.15, 0.2) is 0 Å². The van der Waals surface area contributed by atoms with Gasteiger partial charge in [-0.15, -0.1) is 10.2 Å². The molecule has 0 bridgehead atoms. The summed E-state index contributed by atoms with van der Waals surface area (Å²) in [6.45, 7) is 0.272. The molecule has 6 nitrogen and oxygen atoms in total. The van der Waals surface area contributed by atoms with Crippen LogP contribution in [0.1, 0.15) is 24.3 Å². The normalized spacial score (nSPS) is 10.7. The van der Waals surface area contributed by atoms with Crippen LogP contribution in [0, 0.1) is 5.82 Å². The molecule has 3 aromatic carbocycles. The van der Waals surface area contributed by atoms with Gasteiger partial charge < -0.3 is 14.5 Å². The zero-order valence-electron chi connectivity index (χ0n) is 17.3. The highest BCUT2D eigenvalue weighted by Gasteiger charge is 2.10. The molecule has 4 aromatic rings. The Morgan fingerprint density at radius 1 is 0.969 bits per heavy atom. The molecular weight excluding hydrogens is 409 g/mol. The second-order valence-corrected chi connectivity index (χ2v) is 7.22. The fourth-order valence-corrected chi connectivity index (χ4v) is 3.14.